The molecule has 4 N–H and O–H groups in total. The van der Waals surface area contributed by atoms with Crippen LogP contribution in [0, 0.1) is 0 Å². The lowest BCUT2D eigenvalue weighted by Crippen LogP contribution is -2.07. The minimum Gasteiger partial charge on any atom is -0.477 e. The molecule has 1 aromatic carbocycles. The van der Waals surface area contributed by atoms with Crippen molar-refractivity contribution in [2.75, 3.05) is 6.54 Å². The normalized spacial score (nSPS) is 10.9. The number of nitrogens with one attached hydrogen (secondary N) is 1. The topological polar surface area (TPSA) is 79.1 Å². The van der Waals surface area contributed by atoms with Gasteiger partial charge in [0.25, 0.3) is 0 Å². The first kappa shape index (κ1) is 11.2. The average Bonchev–Trinajstić information content (AvgIpc) is 2.58. The number of carbonyl (C=O) groups is 1. The van der Waals surface area contributed by atoms with Gasteiger partial charge in [0.05, 0.1) is 0 Å². The second kappa shape index (κ2) is 4.27. The summed E-state index contributed by atoms with van der Waals surface area (Å²) < 4.78 is 0.925. The Morgan fingerprint density at radius 2 is 2.25 bits per heavy atom. The van der Waals surface area contributed by atoms with Gasteiger partial charge in [-0.3, -0.25) is 0 Å². The molecule has 0 saturated carbocycles. The van der Waals surface area contributed by atoms with E-state index in [1.165, 1.54) is 0 Å². The van der Waals surface area contributed by atoms with Gasteiger partial charge in [0, 0.05) is 15.4 Å². The lowest BCUT2D eigenvalue weighted by atomic mass is 10.1. The fourth-order valence-electron chi connectivity index (χ4n) is 1.81. The molecule has 2 aromatic rings. The van der Waals surface area contributed by atoms with Crippen LogP contribution >= 0.6 is 15.9 Å². The lowest BCUT2D eigenvalue weighted by molar-refractivity contribution is 0.0690. The third kappa shape index (κ3) is 1.83. The minimum absolute atomic E-state index is 0.235. The van der Waals surface area contributed by atoms with Crippen LogP contribution in [0.1, 0.15) is 16.1 Å². The molecule has 0 bridgehead atoms. The van der Waals surface area contributed by atoms with Crippen molar-refractivity contribution in [3.63, 3.8) is 0 Å². The fraction of sp³-hybridized carbons (Fsp3) is 0.182. The van der Waals surface area contributed by atoms with Crippen LogP contribution in [0.5, 0.6) is 0 Å². The van der Waals surface area contributed by atoms with Gasteiger partial charge in [-0.1, -0.05) is 15.9 Å². The molecule has 4 nitrogen and oxygen atoms in total. The van der Waals surface area contributed by atoms with Crippen molar-refractivity contribution < 1.29 is 9.90 Å². The highest BCUT2D eigenvalue weighted by molar-refractivity contribution is 9.10. The average molecular weight is 283 g/mol. The first-order chi connectivity index (χ1) is 7.63. The lowest BCUT2D eigenvalue weighted by Gasteiger charge is -1.98. The maximum atomic E-state index is 11.1. The molecule has 0 aliphatic rings. The van der Waals surface area contributed by atoms with Crippen molar-refractivity contribution in [2.24, 2.45) is 5.73 Å². The van der Waals surface area contributed by atoms with Crippen molar-refractivity contribution in [3.05, 3.63) is 33.9 Å². The Labute approximate surface area is 101 Å². The van der Waals surface area contributed by atoms with Gasteiger partial charge in [0.2, 0.25) is 0 Å². The fourth-order valence-corrected chi connectivity index (χ4v) is 2.17. The van der Waals surface area contributed by atoms with Crippen molar-refractivity contribution in [1.29, 1.82) is 0 Å². The van der Waals surface area contributed by atoms with Crippen molar-refractivity contribution in [3.8, 4) is 0 Å². The summed E-state index contributed by atoms with van der Waals surface area (Å²) in [4.78, 5) is 14.0. The van der Waals surface area contributed by atoms with Crippen LogP contribution in [-0.2, 0) is 6.42 Å². The number of carboxylic acids is 1. The second-order valence-corrected chi connectivity index (χ2v) is 4.43. The van der Waals surface area contributed by atoms with Gasteiger partial charge in [-0.25, -0.2) is 4.79 Å². The van der Waals surface area contributed by atoms with Gasteiger partial charge in [0.15, 0.2) is 0 Å². The van der Waals surface area contributed by atoms with Crippen LogP contribution in [0.2, 0.25) is 0 Å². The van der Waals surface area contributed by atoms with Gasteiger partial charge < -0.3 is 15.8 Å². The number of aromatic amines is 1. The first-order valence-electron chi connectivity index (χ1n) is 4.87. The first-order valence-corrected chi connectivity index (χ1v) is 5.66. The molecule has 0 radical (unpaired) electrons. The number of fused-ring (bicyclic) bond motifs is 1. The number of hydrogen-bond acceptors (Lipinski definition) is 2. The number of aromatic nitrogens is 1. The highest BCUT2D eigenvalue weighted by atomic mass is 79.9. The highest BCUT2D eigenvalue weighted by Crippen LogP contribution is 2.26. The zero-order valence-corrected chi connectivity index (χ0v) is 10.0. The molecule has 84 valence electrons. The van der Waals surface area contributed by atoms with Gasteiger partial charge in [-0.05, 0) is 36.7 Å². The van der Waals surface area contributed by atoms with Crippen molar-refractivity contribution in [2.45, 2.75) is 6.42 Å². The molecule has 0 aliphatic carbocycles. The van der Waals surface area contributed by atoms with Crippen LogP contribution in [-0.4, -0.2) is 22.6 Å². The van der Waals surface area contributed by atoms with E-state index >= 15 is 0 Å². The van der Waals surface area contributed by atoms with Gasteiger partial charge >= 0.3 is 5.97 Å². The maximum absolute atomic E-state index is 11.1. The maximum Gasteiger partial charge on any atom is 0.352 e. The number of rotatable bonds is 3. The van der Waals surface area contributed by atoms with E-state index in [0.717, 1.165) is 20.9 Å². The van der Waals surface area contributed by atoms with E-state index in [2.05, 4.69) is 20.9 Å². The molecule has 1 heterocycles. The summed E-state index contributed by atoms with van der Waals surface area (Å²) in [6, 6.07) is 5.63. The van der Waals surface area contributed by atoms with E-state index in [0.29, 0.717) is 13.0 Å². The zero-order chi connectivity index (χ0) is 11.7. The SMILES string of the molecule is NCCc1c(C(=O)O)[nH]c2ccc(Br)cc12. The summed E-state index contributed by atoms with van der Waals surface area (Å²) in [6.07, 6.45) is 0.554. The molecule has 0 fully saturated rings. The van der Waals surface area contributed by atoms with Gasteiger partial charge in [-0.2, -0.15) is 0 Å². The monoisotopic (exact) mass is 282 g/mol. The minimum atomic E-state index is -0.948. The van der Waals surface area contributed by atoms with E-state index < -0.39 is 5.97 Å². The van der Waals surface area contributed by atoms with Crippen molar-refractivity contribution >= 4 is 32.8 Å². The molecule has 0 aliphatic heterocycles. The van der Waals surface area contributed by atoms with Gasteiger partial charge in [-0.15, -0.1) is 0 Å². The third-order valence-corrected chi connectivity index (χ3v) is 2.97. The summed E-state index contributed by atoms with van der Waals surface area (Å²) in [5.41, 5.74) is 7.33. The van der Waals surface area contributed by atoms with Crippen LogP contribution in [0.4, 0.5) is 0 Å². The highest BCUT2D eigenvalue weighted by Gasteiger charge is 2.16. The third-order valence-electron chi connectivity index (χ3n) is 2.48. The number of H-pyrrole nitrogens is 1. The molecule has 5 heteroatoms. The molecular weight excluding hydrogens is 272 g/mol. The Morgan fingerprint density at radius 3 is 2.88 bits per heavy atom. The Balaban J connectivity index is 2.71. The van der Waals surface area contributed by atoms with Crippen LogP contribution in [0.3, 0.4) is 0 Å². The van der Waals surface area contributed by atoms with E-state index in [-0.39, 0.29) is 5.69 Å². The van der Waals surface area contributed by atoms with Crippen LogP contribution < -0.4 is 5.73 Å². The number of halogens is 1. The molecule has 0 unspecified atom stereocenters. The van der Waals surface area contributed by atoms with Gasteiger partial charge in [0.1, 0.15) is 5.69 Å². The number of nitrogens with two attached hydrogens (primary N) is 1. The molecule has 0 amide bonds. The van der Waals surface area contributed by atoms with E-state index in [1.54, 1.807) is 0 Å². The van der Waals surface area contributed by atoms with E-state index in [9.17, 15) is 4.79 Å². The second-order valence-electron chi connectivity index (χ2n) is 3.51. The largest absolute Gasteiger partial charge is 0.477 e. The summed E-state index contributed by atoms with van der Waals surface area (Å²) in [6.45, 7) is 0.430. The molecule has 1 aromatic heterocycles. The molecule has 16 heavy (non-hydrogen) atoms. The molecule has 0 spiro atoms. The number of benzene rings is 1. The van der Waals surface area contributed by atoms with Crippen LogP contribution in [0.15, 0.2) is 22.7 Å². The zero-order valence-electron chi connectivity index (χ0n) is 8.46. The Bertz CT molecular complexity index is 548. The Hall–Kier alpha value is -1.33. The number of hydrogen-bond donors (Lipinski definition) is 3. The Morgan fingerprint density at radius 1 is 1.50 bits per heavy atom. The van der Waals surface area contributed by atoms with E-state index in [1.807, 2.05) is 18.2 Å². The summed E-state index contributed by atoms with van der Waals surface area (Å²) in [5.74, 6) is -0.948. The number of carboxylic acid groups (broad SMARTS) is 1. The van der Waals surface area contributed by atoms with E-state index in [4.69, 9.17) is 10.8 Å². The molecular formula is C11H11BrN2O2. The summed E-state index contributed by atoms with van der Waals surface area (Å²) in [7, 11) is 0. The predicted molar refractivity (Wildman–Crippen MR) is 65.7 cm³/mol. The standard InChI is InChI=1S/C11H11BrN2O2/c12-6-1-2-9-8(5-6)7(3-4-13)10(14-9)11(15)16/h1-2,5,14H,3-4,13H2,(H,15,16). The molecule has 0 saturated heterocycles. The number of aromatic carboxylic acids is 1. The summed E-state index contributed by atoms with van der Waals surface area (Å²) >= 11 is 3.37. The Kier molecular flexibility index (Phi) is 2.98. The molecule has 2 rings (SSSR count). The van der Waals surface area contributed by atoms with Crippen LogP contribution in [0.25, 0.3) is 10.9 Å². The van der Waals surface area contributed by atoms with Crippen molar-refractivity contribution in [1.82, 2.24) is 4.98 Å². The quantitative estimate of drug-likeness (QED) is 0.807. The summed E-state index contributed by atoms with van der Waals surface area (Å²) in [5, 5.41) is 9.99. The smallest absolute Gasteiger partial charge is 0.352 e. The molecule has 0 atom stereocenters. The predicted octanol–water partition coefficient (Wildman–Crippen LogP) is 2.13.